The Hall–Kier alpha value is 3.40. The van der Waals surface area contributed by atoms with E-state index >= 15 is 0 Å². The fourth-order valence-electron chi connectivity index (χ4n) is 2.32. The van der Waals surface area contributed by atoms with Crippen molar-refractivity contribution >= 4 is 19.6 Å². The number of pyridine rings is 1. The number of nitrogens with zero attached hydrogens (tertiary/aromatic N) is 3. The van der Waals surface area contributed by atoms with E-state index in [1.54, 1.807) is 6.20 Å². The van der Waals surface area contributed by atoms with Gasteiger partial charge in [-0.1, -0.05) is 0 Å². The van der Waals surface area contributed by atoms with E-state index in [2.05, 4.69) is 21.8 Å². The molecule has 0 saturated carbocycles. The van der Waals surface area contributed by atoms with Crippen LogP contribution in [0.5, 0.6) is 0 Å². The molecule has 0 atom stereocenters. The number of carbonyl (C=O) groups is 1. The molecular formula is C16H25K3N3O6P. The van der Waals surface area contributed by atoms with Crippen molar-refractivity contribution in [2.24, 2.45) is 0 Å². The van der Waals surface area contributed by atoms with Gasteiger partial charge in [0.25, 0.3) is 0 Å². The van der Waals surface area contributed by atoms with Crippen molar-refractivity contribution < 1.29 is 183 Å². The summed E-state index contributed by atoms with van der Waals surface area (Å²) in [4.78, 5) is 46.5. The van der Waals surface area contributed by atoms with E-state index in [9.17, 15) is 4.79 Å². The van der Waals surface area contributed by atoms with Crippen LogP contribution in [0, 0.1) is 0 Å². The van der Waals surface area contributed by atoms with Crippen LogP contribution in [-0.4, -0.2) is 54.7 Å². The Kier molecular flexibility index (Phi) is 22.7. The zero-order valence-electron chi connectivity index (χ0n) is 18.5. The number of phosphoric acid groups is 1. The summed E-state index contributed by atoms with van der Waals surface area (Å²) >= 11 is 0. The average Bonchev–Trinajstić information content (AvgIpc) is 2.44. The van der Waals surface area contributed by atoms with Crippen molar-refractivity contribution in [1.82, 2.24) is 9.88 Å². The Labute approximate surface area is 300 Å². The molecule has 1 aliphatic heterocycles. The van der Waals surface area contributed by atoms with Gasteiger partial charge in [-0.25, -0.2) is 4.98 Å². The molecule has 0 aliphatic carbocycles. The number of anilines is 1. The van der Waals surface area contributed by atoms with Crippen LogP contribution < -0.4 is 174 Å². The van der Waals surface area contributed by atoms with Gasteiger partial charge in [-0.05, 0) is 45.5 Å². The van der Waals surface area contributed by atoms with Gasteiger partial charge in [-0.3, -0.25) is 4.79 Å². The van der Waals surface area contributed by atoms with Gasteiger partial charge in [0.2, 0.25) is 0 Å². The van der Waals surface area contributed by atoms with Gasteiger partial charge >= 0.3 is 160 Å². The van der Waals surface area contributed by atoms with Gasteiger partial charge in [0, 0.05) is 32.4 Å². The number of esters is 1. The molecule has 1 aromatic rings. The normalized spacial score (nSPS) is 14.2. The summed E-state index contributed by atoms with van der Waals surface area (Å²) in [7, 11) is -3.26. The van der Waals surface area contributed by atoms with Crippen LogP contribution in [0.3, 0.4) is 0 Å². The Balaban J connectivity index is -0.000000758. The third-order valence-electron chi connectivity index (χ3n) is 3.41. The molecule has 0 aromatic carbocycles. The Morgan fingerprint density at radius 1 is 1.14 bits per heavy atom. The van der Waals surface area contributed by atoms with E-state index < -0.39 is 13.4 Å². The smallest absolute Gasteiger partial charge is 0.822 e. The van der Waals surface area contributed by atoms with Crippen LogP contribution in [0.25, 0.3) is 0 Å². The first-order chi connectivity index (χ1) is 11.8. The summed E-state index contributed by atoms with van der Waals surface area (Å²) in [5, 5.41) is 0. The number of hydrogen-bond donors (Lipinski definition) is 0. The van der Waals surface area contributed by atoms with E-state index in [-0.39, 0.29) is 160 Å². The first kappa shape index (κ1) is 37.0. The summed E-state index contributed by atoms with van der Waals surface area (Å²) in [5.41, 5.74) is 0.512. The predicted molar refractivity (Wildman–Crippen MR) is 91.1 cm³/mol. The van der Waals surface area contributed by atoms with Crippen molar-refractivity contribution in [3.8, 4) is 0 Å². The van der Waals surface area contributed by atoms with Gasteiger partial charge < -0.3 is 33.8 Å². The summed E-state index contributed by atoms with van der Waals surface area (Å²) < 4.78 is 13.9. The van der Waals surface area contributed by atoms with Crippen molar-refractivity contribution in [2.45, 2.75) is 32.8 Å². The van der Waals surface area contributed by atoms with Crippen LogP contribution in [0.1, 0.15) is 26.3 Å². The molecule has 0 spiro atoms. The van der Waals surface area contributed by atoms with Crippen LogP contribution in [0.15, 0.2) is 18.3 Å². The number of hydrogen-bond acceptors (Lipinski definition) is 9. The zero-order valence-corrected chi connectivity index (χ0v) is 28.8. The second-order valence-corrected chi connectivity index (χ2v) is 7.92. The SMILES string of the molecule is CN1CCN(c2cc(CC(=O)OC(C)(C)C)ccn2)CC1.O=P([O-])([O-])[O-].[K+].[K+].[K+]. The van der Waals surface area contributed by atoms with E-state index in [0.717, 1.165) is 37.6 Å². The number of carbonyl (C=O) groups excluding carboxylic acids is 1. The first-order valence-corrected chi connectivity index (χ1v) is 9.63. The summed E-state index contributed by atoms with van der Waals surface area (Å²) in [5.74, 6) is 0.752. The molecule has 0 radical (unpaired) electrons. The molecular weight excluding hydrogens is 478 g/mol. The van der Waals surface area contributed by atoms with Crippen LogP contribution >= 0.6 is 7.82 Å². The molecule has 2 heterocycles. The number of likely N-dealkylation sites (N-methyl/N-ethyl adjacent to an activating group) is 1. The molecule has 29 heavy (non-hydrogen) atoms. The maximum Gasteiger partial charge on any atom is 1.00 e. The van der Waals surface area contributed by atoms with E-state index in [1.165, 1.54) is 0 Å². The topological polar surface area (TPSA) is 132 Å². The molecule has 1 saturated heterocycles. The minimum atomic E-state index is -5.39. The molecule has 0 amide bonds. The van der Waals surface area contributed by atoms with Gasteiger partial charge in [-0.15, -0.1) is 0 Å². The fraction of sp³-hybridized carbons (Fsp3) is 0.625. The maximum atomic E-state index is 11.9. The molecule has 0 bridgehead atoms. The number of piperazine rings is 1. The third kappa shape index (κ3) is 20.5. The average molecular weight is 504 g/mol. The van der Waals surface area contributed by atoms with Crippen LogP contribution in [0.2, 0.25) is 0 Å². The predicted octanol–water partition coefficient (Wildman–Crippen LogP) is -10.1. The largest absolute Gasteiger partial charge is 1.00 e. The van der Waals surface area contributed by atoms with Crippen molar-refractivity contribution in [3.63, 3.8) is 0 Å². The Bertz CT molecular complexity index is 641. The quantitative estimate of drug-likeness (QED) is 0.224. The molecule has 13 heteroatoms. The molecule has 1 fully saturated rings. The Morgan fingerprint density at radius 3 is 2.07 bits per heavy atom. The van der Waals surface area contributed by atoms with E-state index in [0.29, 0.717) is 6.42 Å². The molecule has 2 rings (SSSR count). The standard InChI is InChI=1S/C16H25N3O2.3K.H3O4P/c1-16(2,3)21-15(20)12-13-5-6-17-14(11-13)19-9-7-18(4)8-10-19;;;;1-5(2,3)4/h5-6,11H,7-10,12H2,1-4H3;;;;(H3,1,2,3,4)/q;3*+1;/p-3. The summed E-state index contributed by atoms with van der Waals surface area (Å²) in [6, 6.07) is 3.87. The van der Waals surface area contributed by atoms with Crippen molar-refractivity contribution in [3.05, 3.63) is 23.9 Å². The first-order valence-electron chi connectivity index (χ1n) is 8.17. The van der Waals surface area contributed by atoms with Crippen LogP contribution in [0.4, 0.5) is 5.82 Å². The van der Waals surface area contributed by atoms with E-state index in [4.69, 9.17) is 24.0 Å². The monoisotopic (exact) mass is 503 g/mol. The maximum absolute atomic E-state index is 11.9. The molecule has 9 nitrogen and oxygen atoms in total. The van der Waals surface area contributed by atoms with Crippen molar-refractivity contribution in [1.29, 1.82) is 0 Å². The molecule has 1 aliphatic rings. The number of aromatic nitrogens is 1. The van der Waals surface area contributed by atoms with Gasteiger partial charge in [0.1, 0.15) is 11.4 Å². The third-order valence-corrected chi connectivity index (χ3v) is 3.41. The number of ether oxygens (including phenoxy) is 1. The summed E-state index contributed by atoms with van der Waals surface area (Å²) in [6.07, 6.45) is 2.06. The molecule has 148 valence electrons. The molecule has 1 aromatic heterocycles. The molecule has 0 unspecified atom stereocenters. The van der Waals surface area contributed by atoms with E-state index in [1.807, 2.05) is 32.9 Å². The van der Waals surface area contributed by atoms with Gasteiger partial charge in [0.05, 0.1) is 6.42 Å². The second kappa shape index (κ2) is 17.8. The second-order valence-electron chi connectivity index (χ2n) is 7.02. The summed E-state index contributed by atoms with van der Waals surface area (Å²) in [6.45, 7) is 9.67. The minimum Gasteiger partial charge on any atom is -0.822 e. The number of rotatable bonds is 3. The minimum absolute atomic E-state index is 0. The fourth-order valence-corrected chi connectivity index (χ4v) is 2.32. The van der Waals surface area contributed by atoms with Crippen LogP contribution in [-0.2, 0) is 20.5 Å². The van der Waals surface area contributed by atoms with Gasteiger partial charge in [0.15, 0.2) is 0 Å². The van der Waals surface area contributed by atoms with Gasteiger partial charge in [-0.2, -0.15) is 7.82 Å². The van der Waals surface area contributed by atoms with Crippen molar-refractivity contribution in [2.75, 3.05) is 38.1 Å². The molecule has 0 N–H and O–H groups in total. The zero-order chi connectivity index (χ0) is 20.0. The Morgan fingerprint density at radius 2 is 1.62 bits per heavy atom.